The molecule has 0 amide bonds. The number of ether oxygens (including phenoxy) is 1. The summed E-state index contributed by atoms with van der Waals surface area (Å²) < 4.78 is 71.4. The number of hydrogen-bond acceptors (Lipinski definition) is 5. The summed E-state index contributed by atoms with van der Waals surface area (Å²) in [5, 5.41) is 8.08. The molecule has 1 heterocycles. The highest BCUT2D eigenvalue weighted by molar-refractivity contribution is 7.90. The highest BCUT2D eigenvalue weighted by atomic mass is 32.2. The molecule has 0 fully saturated rings. The molecule has 1 aliphatic carbocycles. The molecule has 180 valence electrons. The molecule has 8 nitrogen and oxygen atoms in total. The van der Waals surface area contributed by atoms with Crippen LogP contribution in [0.5, 0.6) is 5.75 Å². The number of halogens is 3. The zero-order valence-corrected chi connectivity index (χ0v) is 19.1. The number of hydrogen-bond donors (Lipinski definition) is 2. The molecule has 0 saturated heterocycles. The molecule has 34 heavy (non-hydrogen) atoms. The van der Waals surface area contributed by atoms with E-state index in [1.54, 1.807) is 18.2 Å². The van der Waals surface area contributed by atoms with E-state index in [-0.39, 0.29) is 21.8 Å². The first-order valence-corrected chi connectivity index (χ1v) is 11.6. The van der Waals surface area contributed by atoms with Crippen LogP contribution in [0.15, 0.2) is 63.6 Å². The Kier molecular flexibility index (Phi) is 5.59. The number of alkyl halides is 3. The number of nitrogens with two attached hydrogens (primary N) is 2. The van der Waals surface area contributed by atoms with Crippen molar-refractivity contribution in [3.05, 3.63) is 59.8 Å². The van der Waals surface area contributed by atoms with Crippen molar-refractivity contribution in [2.45, 2.75) is 37.9 Å². The van der Waals surface area contributed by atoms with Gasteiger partial charge in [0.15, 0.2) is 0 Å². The van der Waals surface area contributed by atoms with Crippen molar-refractivity contribution in [3.8, 4) is 5.75 Å². The molecule has 0 saturated carbocycles. The van der Waals surface area contributed by atoms with Crippen molar-refractivity contribution in [2.24, 2.45) is 27.1 Å². The molecule has 1 aliphatic rings. The summed E-state index contributed by atoms with van der Waals surface area (Å²) in [5.41, 5.74) is 11.7. The molecule has 3 aromatic rings. The van der Waals surface area contributed by atoms with Crippen LogP contribution in [0.1, 0.15) is 31.5 Å². The second-order valence-corrected chi connectivity index (χ2v) is 10.5. The maximum absolute atomic E-state index is 13.7. The van der Waals surface area contributed by atoms with Gasteiger partial charge in [-0.1, -0.05) is 32.0 Å². The smallest absolute Gasteiger partial charge is 0.406 e. The third kappa shape index (κ3) is 4.45. The summed E-state index contributed by atoms with van der Waals surface area (Å²) in [4.78, 5) is 0.0383. The monoisotopic (exact) mass is 493 g/mol. The van der Waals surface area contributed by atoms with Crippen molar-refractivity contribution in [3.63, 3.8) is 0 Å². The minimum atomic E-state index is -4.91. The standard InChI is InChI=1S/C22H22F3N5O3S/c1-21(2)11-16(28-29-20(26)27)19-15-10-13(33-22(23,24)25)8-9-17(15)30(18(19)12-21)34(31,32)14-6-4-3-5-7-14/h3-10H,11-12H2,1-2H3,(H4,26,27,29)/b28-16+. The molecule has 0 bridgehead atoms. The quantitative estimate of drug-likeness (QED) is 0.326. The SMILES string of the molecule is CC1(C)C/C(=N\N=C(N)N)c2c(n(S(=O)(=O)c3ccccc3)c3ccc(OC(F)(F)F)cc23)C1. The van der Waals surface area contributed by atoms with Gasteiger partial charge in [-0.05, 0) is 48.6 Å². The summed E-state index contributed by atoms with van der Waals surface area (Å²) in [7, 11) is -4.10. The third-order valence-electron chi connectivity index (χ3n) is 5.37. The molecular weight excluding hydrogens is 471 g/mol. The van der Waals surface area contributed by atoms with Crippen LogP contribution in [0, 0.1) is 5.41 Å². The summed E-state index contributed by atoms with van der Waals surface area (Å²) in [6, 6.07) is 11.3. The Bertz CT molecular complexity index is 1420. The van der Waals surface area contributed by atoms with Crippen LogP contribution in [-0.2, 0) is 16.4 Å². The van der Waals surface area contributed by atoms with E-state index >= 15 is 0 Å². The highest BCUT2D eigenvalue weighted by Crippen LogP contribution is 2.43. The van der Waals surface area contributed by atoms with Gasteiger partial charge < -0.3 is 16.2 Å². The predicted molar refractivity (Wildman–Crippen MR) is 122 cm³/mol. The molecule has 0 radical (unpaired) electrons. The fraction of sp³-hybridized carbons (Fsp3) is 0.273. The topological polar surface area (TPSA) is 125 Å². The zero-order chi connectivity index (χ0) is 24.9. The van der Waals surface area contributed by atoms with E-state index in [1.807, 2.05) is 13.8 Å². The van der Waals surface area contributed by atoms with E-state index in [1.165, 1.54) is 18.2 Å². The Labute approximate surface area is 193 Å². The summed E-state index contributed by atoms with van der Waals surface area (Å²) in [6.45, 7) is 3.85. The number of guanidine groups is 1. The van der Waals surface area contributed by atoms with Gasteiger partial charge >= 0.3 is 6.36 Å². The lowest BCUT2D eigenvalue weighted by atomic mass is 9.75. The summed E-state index contributed by atoms with van der Waals surface area (Å²) >= 11 is 0. The number of nitrogens with zero attached hydrogens (tertiary/aromatic N) is 3. The Morgan fingerprint density at radius 2 is 1.76 bits per heavy atom. The number of aromatic nitrogens is 1. The minimum absolute atomic E-state index is 0.0383. The lowest BCUT2D eigenvalue weighted by Gasteiger charge is -2.31. The van der Waals surface area contributed by atoms with Crippen LogP contribution in [0.4, 0.5) is 13.2 Å². The molecule has 1 aromatic heterocycles. The van der Waals surface area contributed by atoms with Crippen LogP contribution in [0.3, 0.4) is 0 Å². The van der Waals surface area contributed by atoms with E-state index in [0.29, 0.717) is 29.8 Å². The van der Waals surface area contributed by atoms with Crippen LogP contribution in [0.25, 0.3) is 10.9 Å². The molecule has 12 heteroatoms. The van der Waals surface area contributed by atoms with Crippen LogP contribution in [-0.4, -0.2) is 30.4 Å². The van der Waals surface area contributed by atoms with Gasteiger partial charge in [0, 0.05) is 16.6 Å². The van der Waals surface area contributed by atoms with Crippen LogP contribution < -0.4 is 16.2 Å². The van der Waals surface area contributed by atoms with E-state index in [9.17, 15) is 21.6 Å². The second kappa shape index (κ2) is 8.05. The maximum Gasteiger partial charge on any atom is 0.573 e. The largest absolute Gasteiger partial charge is 0.573 e. The van der Waals surface area contributed by atoms with Gasteiger partial charge in [0.1, 0.15) is 5.75 Å². The van der Waals surface area contributed by atoms with E-state index in [0.717, 1.165) is 16.1 Å². The maximum atomic E-state index is 13.7. The molecule has 0 spiro atoms. The number of rotatable bonds is 4. The van der Waals surface area contributed by atoms with Crippen molar-refractivity contribution in [1.29, 1.82) is 0 Å². The molecule has 4 rings (SSSR count). The first-order chi connectivity index (χ1) is 15.8. The fourth-order valence-electron chi connectivity index (χ4n) is 4.21. The average Bonchev–Trinajstić information content (AvgIpc) is 3.04. The molecule has 0 aliphatic heterocycles. The normalized spacial score (nSPS) is 16.9. The van der Waals surface area contributed by atoms with Gasteiger partial charge in [-0.15, -0.1) is 18.3 Å². The summed E-state index contributed by atoms with van der Waals surface area (Å²) in [5.74, 6) is -0.790. The first kappa shape index (κ1) is 23.6. The van der Waals surface area contributed by atoms with Gasteiger partial charge in [0.2, 0.25) is 5.96 Å². The predicted octanol–water partition coefficient (Wildman–Crippen LogP) is 3.73. The van der Waals surface area contributed by atoms with E-state index in [2.05, 4.69) is 14.9 Å². The average molecular weight is 494 g/mol. The molecular formula is C22H22F3N5O3S. The van der Waals surface area contributed by atoms with Crippen molar-refractivity contribution in [1.82, 2.24) is 3.97 Å². The molecule has 0 atom stereocenters. The highest BCUT2D eigenvalue weighted by Gasteiger charge is 2.38. The first-order valence-electron chi connectivity index (χ1n) is 10.2. The Balaban J connectivity index is 2.09. The lowest BCUT2D eigenvalue weighted by Crippen LogP contribution is -2.30. The van der Waals surface area contributed by atoms with Gasteiger partial charge in [-0.2, -0.15) is 5.10 Å². The second-order valence-electron chi connectivity index (χ2n) is 8.72. The molecule has 2 aromatic carbocycles. The minimum Gasteiger partial charge on any atom is -0.406 e. The number of fused-ring (bicyclic) bond motifs is 3. The number of benzene rings is 2. The van der Waals surface area contributed by atoms with E-state index < -0.39 is 27.6 Å². The van der Waals surface area contributed by atoms with Gasteiger partial charge in [0.25, 0.3) is 10.0 Å². The molecule has 4 N–H and O–H groups in total. The zero-order valence-electron chi connectivity index (χ0n) is 18.3. The van der Waals surface area contributed by atoms with Crippen molar-refractivity contribution >= 4 is 32.6 Å². The Morgan fingerprint density at radius 1 is 1.09 bits per heavy atom. The van der Waals surface area contributed by atoms with E-state index in [4.69, 9.17) is 11.5 Å². The molecule has 0 unspecified atom stereocenters. The third-order valence-corrected chi connectivity index (χ3v) is 7.14. The lowest BCUT2D eigenvalue weighted by molar-refractivity contribution is -0.274. The van der Waals surface area contributed by atoms with Crippen LogP contribution in [0.2, 0.25) is 0 Å². The Morgan fingerprint density at radius 3 is 2.38 bits per heavy atom. The van der Waals surface area contributed by atoms with Crippen molar-refractivity contribution in [2.75, 3.05) is 0 Å². The van der Waals surface area contributed by atoms with Gasteiger partial charge in [0.05, 0.1) is 16.1 Å². The summed E-state index contributed by atoms with van der Waals surface area (Å²) in [6.07, 6.45) is -4.23. The van der Waals surface area contributed by atoms with Crippen LogP contribution >= 0.6 is 0 Å². The van der Waals surface area contributed by atoms with Crippen molar-refractivity contribution < 1.29 is 26.3 Å². The van der Waals surface area contributed by atoms with Gasteiger partial charge in [-0.3, -0.25) is 0 Å². The van der Waals surface area contributed by atoms with Gasteiger partial charge in [-0.25, -0.2) is 12.4 Å². The Hall–Kier alpha value is -3.54. The fourth-order valence-corrected chi connectivity index (χ4v) is 5.78.